The van der Waals surface area contributed by atoms with E-state index in [1.54, 1.807) is 0 Å². The van der Waals surface area contributed by atoms with Crippen molar-refractivity contribution in [3.63, 3.8) is 0 Å². The largest absolute Gasteiger partial charge is 0.342 e. The summed E-state index contributed by atoms with van der Waals surface area (Å²) >= 11 is 0. The highest BCUT2D eigenvalue weighted by Gasteiger charge is 2.44. The maximum absolute atomic E-state index is 9.15. The van der Waals surface area contributed by atoms with Crippen molar-refractivity contribution in [1.29, 1.82) is 5.26 Å². The summed E-state index contributed by atoms with van der Waals surface area (Å²) in [7, 11) is 1.94. The van der Waals surface area contributed by atoms with E-state index in [4.69, 9.17) is 10.2 Å². The second-order valence-electron chi connectivity index (χ2n) is 8.11. The molecule has 2 saturated carbocycles. The predicted molar refractivity (Wildman–Crippen MR) is 92.7 cm³/mol. The Labute approximate surface area is 147 Å². The molecule has 3 heterocycles. The van der Waals surface area contributed by atoms with Gasteiger partial charge in [0.25, 0.3) is 0 Å². The van der Waals surface area contributed by atoms with Crippen LogP contribution in [0.5, 0.6) is 0 Å². The normalized spacial score (nSPS) is 26.9. The number of nitriles is 1. The second-order valence-corrected chi connectivity index (χ2v) is 8.11. The van der Waals surface area contributed by atoms with Crippen molar-refractivity contribution < 1.29 is 0 Å². The monoisotopic (exact) mass is 336 g/mol. The fourth-order valence-electron chi connectivity index (χ4n) is 4.40. The van der Waals surface area contributed by atoms with E-state index in [1.807, 2.05) is 17.7 Å². The Bertz CT molecular complexity index is 819. The number of H-pyrrole nitrogens is 1. The average Bonchev–Trinajstić information content (AvgIpc) is 3.51. The maximum Gasteiger partial charge on any atom is 0.153 e. The topological polar surface area (TPSA) is 73.5 Å². The van der Waals surface area contributed by atoms with Gasteiger partial charge in [-0.15, -0.1) is 0 Å². The van der Waals surface area contributed by atoms with Crippen LogP contribution < -0.4 is 0 Å². The molecule has 0 amide bonds. The lowest BCUT2D eigenvalue weighted by Crippen LogP contribution is -2.20. The van der Waals surface area contributed by atoms with E-state index >= 15 is 0 Å². The van der Waals surface area contributed by atoms with Gasteiger partial charge in [0, 0.05) is 44.7 Å². The fraction of sp³-hybridized carbons (Fsp3) is 0.632. The highest BCUT2D eigenvalue weighted by atomic mass is 15.2. The first kappa shape index (κ1) is 15.2. The molecule has 5 rings (SSSR count). The molecule has 6 heteroatoms. The van der Waals surface area contributed by atoms with Crippen LogP contribution in [-0.4, -0.2) is 37.7 Å². The molecular weight excluding hydrogens is 312 g/mol. The van der Waals surface area contributed by atoms with E-state index in [1.165, 1.54) is 31.2 Å². The minimum Gasteiger partial charge on any atom is -0.342 e. The second kappa shape index (κ2) is 5.70. The standard InChI is InChI=1S/C19H24N6/c1-24-8-12(6-15(24)7-20)9-25-10-16(13-2-3-13)17(11-25)19-21-18(22-23-19)14-4-5-14/h6,8,13-14,16-17H,2-5,9-11H2,1H3,(H,21,22,23)/t16-,17+/m1/s1. The first-order valence-corrected chi connectivity index (χ1v) is 9.41. The van der Waals surface area contributed by atoms with Crippen LogP contribution in [0.1, 0.15) is 60.4 Å². The van der Waals surface area contributed by atoms with Gasteiger partial charge in [0.05, 0.1) is 0 Å². The van der Waals surface area contributed by atoms with Crippen LogP contribution in [0.3, 0.4) is 0 Å². The van der Waals surface area contributed by atoms with Crippen molar-refractivity contribution in [2.24, 2.45) is 18.9 Å². The molecular formula is C19H24N6. The zero-order valence-electron chi connectivity index (χ0n) is 14.6. The number of aromatic amines is 1. The Balaban J connectivity index is 1.33. The zero-order chi connectivity index (χ0) is 17.0. The fourth-order valence-corrected chi connectivity index (χ4v) is 4.40. The van der Waals surface area contributed by atoms with Gasteiger partial charge in [-0.05, 0) is 49.1 Å². The Morgan fingerprint density at radius 2 is 2.12 bits per heavy atom. The lowest BCUT2D eigenvalue weighted by Gasteiger charge is -2.14. The smallest absolute Gasteiger partial charge is 0.153 e. The van der Waals surface area contributed by atoms with Gasteiger partial charge in [-0.25, -0.2) is 4.98 Å². The molecule has 0 spiro atoms. The van der Waals surface area contributed by atoms with Crippen LogP contribution in [0.15, 0.2) is 12.3 Å². The Morgan fingerprint density at radius 3 is 2.80 bits per heavy atom. The first-order valence-electron chi connectivity index (χ1n) is 9.41. The summed E-state index contributed by atoms with van der Waals surface area (Å²) in [5.41, 5.74) is 1.96. The van der Waals surface area contributed by atoms with Gasteiger partial charge in [0.2, 0.25) is 0 Å². The quantitative estimate of drug-likeness (QED) is 0.910. The van der Waals surface area contributed by atoms with E-state index in [0.29, 0.717) is 17.8 Å². The van der Waals surface area contributed by atoms with Gasteiger partial charge in [-0.1, -0.05) is 0 Å². The highest BCUT2D eigenvalue weighted by Crippen LogP contribution is 2.47. The average molecular weight is 336 g/mol. The summed E-state index contributed by atoms with van der Waals surface area (Å²) in [6.45, 7) is 3.09. The van der Waals surface area contributed by atoms with Crippen molar-refractivity contribution in [2.45, 2.75) is 44.1 Å². The van der Waals surface area contributed by atoms with Gasteiger partial charge in [-0.2, -0.15) is 10.4 Å². The van der Waals surface area contributed by atoms with Crippen LogP contribution in [0, 0.1) is 23.2 Å². The molecule has 0 aromatic carbocycles. The number of aromatic nitrogens is 4. The molecule has 130 valence electrons. The summed E-state index contributed by atoms with van der Waals surface area (Å²) in [6, 6.07) is 4.27. The number of likely N-dealkylation sites (tertiary alicyclic amines) is 1. The summed E-state index contributed by atoms with van der Waals surface area (Å²) < 4.78 is 1.92. The first-order chi connectivity index (χ1) is 12.2. The highest BCUT2D eigenvalue weighted by molar-refractivity contribution is 5.28. The molecule has 0 unspecified atom stereocenters. The van der Waals surface area contributed by atoms with E-state index in [-0.39, 0.29) is 0 Å². The number of hydrogen-bond acceptors (Lipinski definition) is 4. The Morgan fingerprint density at radius 1 is 1.28 bits per heavy atom. The lowest BCUT2D eigenvalue weighted by atomic mass is 9.91. The number of nitrogens with zero attached hydrogens (tertiary/aromatic N) is 5. The molecule has 2 aliphatic carbocycles. The molecule has 6 nitrogen and oxygen atoms in total. The molecule has 1 aliphatic heterocycles. The van der Waals surface area contributed by atoms with Gasteiger partial charge in [0.1, 0.15) is 17.6 Å². The third kappa shape index (κ3) is 2.87. The molecule has 1 N–H and O–H groups in total. The van der Waals surface area contributed by atoms with Gasteiger partial charge < -0.3 is 4.57 Å². The molecule has 1 saturated heterocycles. The number of aryl methyl sites for hydroxylation is 1. The predicted octanol–water partition coefficient (Wildman–Crippen LogP) is 2.52. The summed E-state index contributed by atoms with van der Waals surface area (Å²) in [5, 5.41) is 16.9. The van der Waals surface area contributed by atoms with Crippen LogP contribution in [0.2, 0.25) is 0 Å². The molecule has 3 aliphatic rings. The molecule has 2 atom stereocenters. The molecule has 2 aromatic heterocycles. The number of hydrogen-bond donors (Lipinski definition) is 1. The van der Waals surface area contributed by atoms with Crippen molar-refractivity contribution in [3.8, 4) is 6.07 Å². The van der Waals surface area contributed by atoms with Crippen molar-refractivity contribution in [1.82, 2.24) is 24.6 Å². The number of nitrogens with one attached hydrogen (secondary N) is 1. The lowest BCUT2D eigenvalue weighted by molar-refractivity contribution is 0.309. The van der Waals surface area contributed by atoms with Crippen molar-refractivity contribution in [2.75, 3.05) is 13.1 Å². The Hall–Kier alpha value is -2.13. The third-order valence-electron chi connectivity index (χ3n) is 6.06. The molecule has 0 bridgehead atoms. The van der Waals surface area contributed by atoms with Crippen LogP contribution in [0.25, 0.3) is 0 Å². The minimum absolute atomic E-state index is 0.478. The molecule has 0 radical (unpaired) electrons. The van der Waals surface area contributed by atoms with Gasteiger partial charge in [0.15, 0.2) is 5.82 Å². The van der Waals surface area contributed by atoms with Crippen LogP contribution in [0.4, 0.5) is 0 Å². The molecule has 3 fully saturated rings. The molecule has 2 aromatic rings. The number of rotatable bonds is 5. The van der Waals surface area contributed by atoms with Crippen LogP contribution in [-0.2, 0) is 13.6 Å². The maximum atomic E-state index is 9.15. The summed E-state index contributed by atoms with van der Waals surface area (Å²) in [4.78, 5) is 7.38. The van der Waals surface area contributed by atoms with Crippen molar-refractivity contribution in [3.05, 3.63) is 35.2 Å². The van der Waals surface area contributed by atoms with E-state index in [9.17, 15) is 0 Å². The Kier molecular flexibility index (Phi) is 3.46. The van der Waals surface area contributed by atoms with E-state index in [2.05, 4.69) is 27.4 Å². The van der Waals surface area contributed by atoms with Crippen molar-refractivity contribution >= 4 is 0 Å². The van der Waals surface area contributed by atoms with Crippen LogP contribution >= 0.6 is 0 Å². The molecule has 25 heavy (non-hydrogen) atoms. The summed E-state index contributed by atoms with van der Waals surface area (Å²) in [6.07, 6.45) is 7.30. The summed E-state index contributed by atoms with van der Waals surface area (Å²) in [5.74, 6) is 4.77. The van der Waals surface area contributed by atoms with Gasteiger partial charge >= 0.3 is 0 Å². The minimum atomic E-state index is 0.478. The SMILES string of the molecule is Cn1cc(CN2C[C@H](c3nc(C4CC4)n[nH]3)[C@@H](C3CC3)C2)cc1C#N. The van der Waals surface area contributed by atoms with E-state index < -0.39 is 0 Å². The zero-order valence-corrected chi connectivity index (χ0v) is 14.6. The van der Waals surface area contributed by atoms with Gasteiger partial charge in [-0.3, -0.25) is 10.00 Å². The van der Waals surface area contributed by atoms with E-state index in [0.717, 1.165) is 42.9 Å². The third-order valence-corrected chi connectivity index (χ3v) is 6.06.